The van der Waals surface area contributed by atoms with Gasteiger partial charge in [0.05, 0.1) is 48.1 Å². The third-order valence-corrected chi connectivity index (χ3v) is 9.10. The van der Waals surface area contributed by atoms with Crippen LogP contribution < -0.4 is 15.0 Å². The number of nitrogens with zero attached hydrogens (tertiary/aromatic N) is 1. The average Bonchev–Trinajstić information content (AvgIpc) is 3.40. The van der Waals surface area contributed by atoms with Crippen LogP contribution in [0.15, 0.2) is 77.7 Å². The number of carbonyl (C=O) groups excluding carboxylic acids is 1. The molecule has 0 spiro atoms. The quantitative estimate of drug-likeness (QED) is 0.293. The predicted octanol–water partition coefficient (Wildman–Crippen LogP) is 5.03. The Morgan fingerprint density at radius 2 is 1.67 bits per heavy atom. The molecule has 1 unspecified atom stereocenters. The number of sulfone groups is 1. The molecule has 1 heterocycles. The summed E-state index contributed by atoms with van der Waals surface area (Å²) < 4.78 is 74.6. The number of alkyl halides is 3. The maximum atomic E-state index is 13.0. The zero-order valence-electron chi connectivity index (χ0n) is 23.9. The van der Waals surface area contributed by atoms with Gasteiger partial charge in [-0.3, -0.25) is 4.79 Å². The number of hydrogen-bond acceptors (Lipinski definition) is 7. The second-order valence-corrected chi connectivity index (χ2v) is 12.5. The first-order valence-electron chi connectivity index (χ1n) is 14.0. The van der Waals surface area contributed by atoms with Gasteiger partial charge >= 0.3 is 6.18 Å². The van der Waals surface area contributed by atoms with Crippen LogP contribution in [0.5, 0.6) is 5.75 Å². The molecule has 3 aromatic carbocycles. The first-order valence-corrected chi connectivity index (χ1v) is 15.6. The zero-order chi connectivity index (χ0) is 31.2. The van der Waals surface area contributed by atoms with Crippen molar-refractivity contribution in [3.8, 4) is 5.75 Å². The molecule has 43 heavy (non-hydrogen) atoms. The lowest BCUT2D eigenvalue weighted by molar-refractivity contribution is -0.137. The first kappa shape index (κ1) is 32.3. The molecule has 0 saturated carbocycles. The van der Waals surface area contributed by atoms with Crippen molar-refractivity contribution in [1.82, 2.24) is 5.32 Å². The van der Waals surface area contributed by atoms with Crippen LogP contribution >= 0.6 is 0 Å². The minimum atomic E-state index is -4.42. The highest BCUT2D eigenvalue weighted by atomic mass is 32.2. The summed E-state index contributed by atoms with van der Waals surface area (Å²) in [6.45, 7) is 4.50. The average molecular weight is 621 g/mol. The minimum absolute atomic E-state index is 0.0286. The van der Waals surface area contributed by atoms with Crippen molar-refractivity contribution in [3.63, 3.8) is 0 Å². The SMILES string of the molecule is CCOC[C@@H]1CC(Oc2ccc(C(F)(F)F)cc2)CN1c1ccc(C(=O)N[C@@H](CO)c2ccc(S(=O)(=O)CC)cc2)cc1. The van der Waals surface area contributed by atoms with Crippen LogP contribution in [0.1, 0.15) is 47.8 Å². The molecular weight excluding hydrogens is 585 g/mol. The van der Waals surface area contributed by atoms with Gasteiger partial charge in [0.25, 0.3) is 5.91 Å². The van der Waals surface area contributed by atoms with Gasteiger partial charge in [-0.15, -0.1) is 0 Å². The van der Waals surface area contributed by atoms with E-state index in [0.29, 0.717) is 43.1 Å². The molecule has 232 valence electrons. The van der Waals surface area contributed by atoms with Gasteiger partial charge in [-0.25, -0.2) is 8.42 Å². The highest BCUT2D eigenvalue weighted by Crippen LogP contribution is 2.32. The molecule has 4 rings (SSSR count). The fourth-order valence-electron chi connectivity index (χ4n) is 4.96. The molecule has 0 radical (unpaired) electrons. The molecule has 8 nitrogen and oxygen atoms in total. The van der Waals surface area contributed by atoms with Crippen LogP contribution in [0.3, 0.4) is 0 Å². The van der Waals surface area contributed by atoms with Crippen LogP contribution in [-0.4, -0.2) is 63.7 Å². The Balaban J connectivity index is 1.42. The molecule has 2 N–H and O–H groups in total. The minimum Gasteiger partial charge on any atom is -0.489 e. The number of aliphatic hydroxyl groups excluding tert-OH is 1. The van der Waals surface area contributed by atoms with E-state index in [1.807, 2.05) is 6.92 Å². The van der Waals surface area contributed by atoms with Crippen LogP contribution in [0.2, 0.25) is 0 Å². The molecule has 0 aromatic heterocycles. The van der Waals surface area contributed by atoms with E-state index < -0.39 is 33.5 Å². The molecule has 1 aliphatic heterocycles. The van der Waals surface area contributed by atoms with E-state index in [2.05, 4.69) is 10.2 Å². The molecule has 3 atom stereocenters. The maximum absolute atomic E-state index is 13.0. The van der Waals surface area contributed by atoms with Crippen LogP contribution in [0, 0.1) is 0 Å². The van der Waals surface area contributed by atoms with Crippen molar-refractivity contribution >= 4 is 21.4 Å². The van der Waals surface area contributed by atoms with Crippen LogP contribution in [0.4, 0.5) is 18.9 Å². The zero-order valence-corrected chi connectivity index (χ0v) is 24.7. The van der Waals surface area contributed by atoms with Gasteiger partial charge in [-0.2, -0.15) is 13.2 Å². The summed E-state index contributed by atoms with van der Waals surface area (Å²) in [5, 5.41) is 12.7. The molecule has 0 bridgehead atoms. The number of anilines is 1. The highest BCUT2D eigenvalue weighted by molar-refractivity contribution is 7.91. The van der Waals surface area contributed by atoms with Gasteiger partial charge in [0.1, 0.15) is 11.9 Å². The number of carbonyl (C=O) groups is 1. The van der Waals surface area contributed by atoms with Crippen molar-refractivity contribution < 1.29 is 41.0 Å². The largest absolute Gasteiger partial charge is 0.489 e. The van der Waals surface area contributed by atoms with E-state index in [-0.39, 0.29) is 29.4 Å². The Kier molecular flexibility index (Phi) is 10.4. The molecule has 1 aliphatic rings. The van der Waals surface area contributed by atoms with Gasteiger partial charge in [0, 0.05) is 24.3 Å². The summed E-state index contributed by atoms with van der Waals surface area (Å²) >= 11 is 0. The highest BCUT2D eigenvalue weighted by Gasteiger charge is 2.34. The van der Waals surface area contributed by atoms with Crippen molar-refractivity contribution in [2.24, 2.45) is 0 Å². The molecule has 1 amide bonds. The number of rotatable bonds is 12. The number of aliphatic hydroxyl groups is 1. The Hall–Kier alpha value is -3.61. The number of benzene rings is 3. The molecule has 1 saturated heterocycles. The second-order valence-electron chi connectivity index (χ2n) is 10.2. The van der Waals surface area contributed by atoms with Gasteiger partial charge in [-0.1, -0.05) is 19.1 Å². The fraction of sp³-hybridized carbons (Fsp3) is 0.387. The smallest absolute Gasteiger partial charge is 0.416 e. The summed E-state index contributed by atoms with van der Waals surface area (Å²) in [6.07, 6.45) is -4.10. The summed E-state index contributed by atoms with van der Waals surface area (Å²) in [6, 6.07) is 16.8. The Morgan fingerprint density at radius 3 is 2.23 bits per heavy atom. The summed E-state index contributed by atoms with van der Waals surface area (Å²) in [5.74, 6) is -0.0900. The molecular formula is C31H35F3N2O6S. The fourth-order valence-corrected chi connectivity index (χ4v) is 5.84. The Morgan fingerprint density at radius 1 is 1.02 bits per heavy atom. The van der Waals surface area contributed by atoms with Crippen LogP contribution in [-0.2, 0) is 20.8 Å². The number of amides is 1. The van der Waals surface area contributed by atoms with E-state index in [0.717, 1.165) is 17.8 Å². The van der Waals surface area contributed by atoms with Crippen LogP contribution in [0.25, 0.3) is 0 Å². The monoisotopic (exact) mass is 620 g/mol. The van der Waals surface area contributed by atoms with E-state index in [1.54, 1.807) is 43.3 Å². The van der Waals surface area contributed by atoms with Crippen molar-refractivity contribution in [2.45, 2.75) is 49.5 Å². The van der Waals surface area contributed by atoms with E-state index in [9.17, 15) is 31.5 Å². The van der Waals surface area contributed by atoms with Gasteiger partial charge < -0.3 is 24.8 Å². The van der Waals surface area contributed by atoms with Gasteiger partial charge in [-0.05, 0) is 73.2 Å². The number of halogens is 3. The topological polar surface area (TPSA) is 105 Å². The number of ether oxygens (including phenoxy) is 2. The van der Waals surface area contributed by atoms with E-state index in [1.165, 1.54) is 24.3 Å². The lowest BCUT2D eigenvalue weighted by Gasteiger charge is -2.26. The predicted molar refractivity (Wildman–Crippen MR) is 156 cm³/mol. The summed E-state index contributed by atoms with van der Waals surface area (Å²) in [4.78, 5) is 15.3. The third kappa shape index (κ3) is 8.07. The van der Waals surface area contributed by atoms with Gasteiger partial charge in [0.2, 0.25) is 0 Å². The second kappa shape index (κ2) is 13.8. The maximum Gasteiger partial charge on any atom is 0.416 e. The summed E-state index contributed by atoms with van der Waals surface area (Å²) in [5.41, 5.74) is 1.02. The molecule has 12 heteroatoms. The lowest BCUT2D eigenvalue weighted by atomic mass is 10.1. The lowest BCUT2D eigenvalue weighted by Crippen LogP contribution is -2.34. The number of hydrogen-bond donors (Lipinski definition) is 2. The summed E-state index contributed by atoms with van der Waals surface area (Å²) in [7, 11) is -3.37. The third-order valence-electron chi connectivity index (χ3n) is 7.35. The standard InChI is InChI=1S/C31H35F3N2O6S/c1-3-41-20-25-17-27(42-26-13-9-23(10-14-26)31(32,33)34)18-36(25)24-11-5-22(6-12-24)30(38)35-29(19-37)21-7-15-28(16-8-21)43(39,40)4-2/h5-16,25,27,29,37H,3-4,17-20H2,1-2H3,(H,35,38)/t25-,27?,29-/m0/s1. The Labute approximate surface area is 249 Å². The number of nitrogens with one attached hydrogen (secondary N) is 1. The van der Waals surface area contributed by atoms with E-state index >= 15 is 0 Å². The Bertz CT molecular complexity index is 1460. The molecule has 3 aromatic rings. The molecule has 1 fully saturated rings. The van der Waals surface area contributed by atoms with Crippen molar-refractivity contribution in [3.05, 3.63) is 89.5 Å². The molecule has 0 aliphatic carbocycles. The van der Waals surface area contributed by atoms with E-state index in [4.69, 9.17) is 9.47 Å². The van der Waals surface area contributed by atoms with Crippen molar-refractivity contribution in [1.29, 1.82) is 0 Å². The van der Waals surface area contributed by atoms with Gasteiger partial charge in [0.15, 0.2) is 9.84 Å². The van der Waals surface area contributed by atoms with Crippen molar-refractivity contribution in [2.75, 3.05) is 37.0 Å². The normalized spacial score (nSPS) is 18.0. The first-order chi connectivity index (χ1) is 20.4.